The molecule has 2 nitrogen and oxygen atoms in total. The third kappa shape index (κ3) is 7.84. The monoisotopic (exact) mass is 325 g/mol. The molecule has 0 aromatic heterocycles. The Morgan fingerprint density at radius 2 is 1.77 bits per heavy atom. The Bertz CT molecular complexity index is 389. The average molecular weight is 326 g/mol. The minimum atomic E-state index is 0.678. The van der Waals surface area contributed by atoms with E-state index in [-0.39, 0.29) is 0 Å². The van der Waals surface area contributed by atoms with Gasteiger partial charge in [-0.15, -0.1) is 0 Å². The van der Waals surface area contributed by atoms with Gasteiger partial charge in [0.2, 0.25) is 6.41 Å². The molecule has 1 aromatic rings. The van der Waals surface area contributed by atoms with Crippen molar-refractivity contribution in [3.63, 3.8) is 0 Å². The van der Waals surface area contributed by atoms with Crippen molar-refractivity contribution in [2.24, 2.45) is 5.92 Å². The predicted octanol–water partition coefficient (Wildman–Crippen LogP) is 6.33. The van der Waals surface area contributed by atoms with Gasteiger partial charge in [-0.3, -0.25) is 4.79 Å². The first-order valence-corrected chi connectivity index (χ1v) is 9.15. The van der Waals surface area contributed by atoms with Crippen LogP contribution in [0.2, 0.25) is 5.02 Å². The molecular formula is C19H32ClNO. The molecule has 0 aliphatic heterocycles. The van der Waals surface area contributed by atoms with E-state index in [0.29, 0.717) is 5.02 Å². The summed E-state index contributed by atoms with van der Waals surface area (Å²) in [5.41, 5.74) is 0.897. The molecule has 0 bridgehead atoms. The minimum absolute atomic E-state index is 0.678. The number of carbonyl (C=O) groups excluding carboxylic acids is 1. The zero-order valence-electron chi connectivity index (χ0n) is 14.6. The highest BCUT2D eigenvalue weighted by molar-refractivity contribution is 6.30. The van der Waals surface area contributed by atoms with E-state index in [1.807, 2.05) is 52.0 Å². The largest absolute Gasteiger partial charge is 0.315 e. The van der Waals surface area contributed by atoms with Gasteiger partial charge in [-0.25, -0.2) is 0 Å². The fraction of sp³-hybridized carbons (Fsp3) is 0.632. The molecule has 0 atom stereocenters. The van der Waals surface area contributed by atoms with Crippen LogP contribution in [0, 0.1) is 5.92 Å². The maximum atomic E-state index is 11.2. The average Bonchev–Trinajstić information content (AvgIpc) is 2.60. The van der Waals surface area contributed by atoms with Crippen LogP contribution in [0.4, 0.5) is 5.69 Å². The van der Waals surface area contributed by atoms with Crippen molar-refractivity contribution in [3.8, 4) is 0 Å². The van der Waals surface area contributed by atoms with Crippen LogP contribution in [0.5, 0.6) is 0 Å². The summed E-state index contributed by atoms with van der Waals surface area (Å²) in [6.07, 6.45) is 8.73. The van der Waals surface area contributed by atoms with Gasteiger partial charge in [0.15, 0.2) is 0 Å². The van der Waals surface area contributed by atoms with Crippen molar-refractivity contribution < 1.29 is 4.79 Å². The van der Waals surface area contributed by atoms with E-state index in [1.165, 1.54) is 32.1 Å². The van der Waals surface area contributed by atoms with Crippen LogP contribution in [-0.2, 0) is 4.79 Å². The van der Waals surface area contributed by atoms with Crippen LogP contribution in [0.15, 0.2) is 24.3 Å². The lowest BCUT2D eigenvalue weighted by Crippen LogP contribution is -2.24. The van der Waals surface area contributed by atoms with Crippen LogP contribution in [-0.4, -0.2) is 13.0 Å². The van der Waals surface area contributed by atoms with E-state index in [2.05, 4.69) is 0 Å². The molecule has 1 amide bonds. The summed E-state index contributed by atoms with van der Waals surface area (Å²) < 4.78 is 0. The molecule has 0 unspecified atom stereocenters. The molecule has 22 heavy (non-hydrogen) atoms. The van der Waals surface area contributed by atoms with Crippen molar-refractivity contribution in [1.29, 1.82) is 0 Å². The van der Waals surface area contributed by atoms with Crippen LogP contribution >= 0.6 is 11.6 Å². The first-order chi connectivity index (χ1) is 10.8. The Hall–Kier alpha value is -1.02. The second-order valence-electron chi connectivity index (χ2n) is 5.07. The summed E-state index contributed by atoms with van der Waals surface area (Å²) in [4.78, 5) is 12.9. The lowest BCUT2D eigenvalue weighted by atomic mass is 9.87. The van der Waals surface area contributed by atoms with Gasteiger partial charge in [0, 0.05) is 17.3 Å². The first-order valence-electron chi connectivity index (χ1n) is 8.77. The smallest absolute Gasteiger partial charge is 0.214 e. The lowest BCUT2D eigenvalue weighted by Gasteiger charge is -2.24. The van der Waals surface area contributed by atoms with Gasteiger partial charge in [0.05, 0.1) is 0 Å². The Kier molecular flexibility index (Phi) is 13.0. The molecular weight excluding hydrogens is 294 g/mol. The highest BCUT2D eigenvalue weighted by atomic mass is 35.5. The molecule has 0 saturated heterocycles. The standard InChI is InChI=1S/C15H20ClNO.2C2H6/c16-14-7-4-8-15(11-14)17(12-18)10-9-13-5-2-1-3-6-13;2*1-2/h4,7-8,11-13H,1-3,5-6,9-10H2;2*1-2H3. The molecule has 0 heterocycles. The first kappa shape index (κ1) is 21.0. The van der Waals surface area contributed by atoms with Gasteiger partial charge in [-0.2, -0.15) is 0 Å². The summed E-state index contributed by atoms with van der Waals surface area (Å²) in [5, 5.41) is 0.678. The SMILES string of the molecule is CC.CC.O=CN(CCC1CCCCC1)c1cccc(Cl)c1. The molecule has 0 spiro atoms. The van der Waals surface area contributed by atoms with Crippen molar-refractivity contribution in [2.45, 2.75) is 66.2 Å². The second kappa shape index (κ2) is 13.6. The van der Waals surface area contributed by atoms with Gasteiger partial charge < -0.3 is 4.90 Å². The number of nitrogens with zero attached hydrogens (tertiary/aromatic N) is 1. The third-order valence-corrected chi connectivity index (χ3v) is 4.01. The van der Waals surface area contributed by atoms with Gasteiger partial charge in [-0.05, 0) is 30.5 Å². The number of halogens is 1. The highest BCUT2D eigenvalue weighted by Gasteiger charge is 2.15. The molecule has 1 aromatic carbocycles. The summed E-state index contributed by atoms with van der Waals surface area (Å²) in [5.74, 6) is 0.792. The normalized spacial score (nSPS) is 14.0. The maximum Gasteiger partial charge on any atom is 0.214 e. The molecule has 1 aliphatic rings. The number of rotatable bonds is 5. The molecule has 1 saturated carbocycles. The molecule has 1 fully saturated rings. The molecule has 1 aliphatic carbocycles. The number of amides is 1. The second-order valence-corrected chi connectivity index (χ2v) is 5.51. The highest BCUT2D eigenvalue weighted by Crippen LogP contribution is 2.27. The number of hydrogen-bond acceptors (Lipinski definition) is 1. The minimum Gasteiger partial charge on any atom is -0.315 e. The van der Waals surface area contributed by atoms with Gasteiger partial charge in [-0.1, -0.05) is 77.5 Å². The fourth-order valence-electron chi connectivity index (χ4n) is 2.69. The number of hydrogen-bond donors (Lipinski definition) is 0. The molecule has 126 valence electrons. The van der Waals surface area contributed by atoms with E-state index >= 15 is 0 Å². The van der Waals surface area contributed by atoms with Crippen LogP contribution in [0.3, 0.4) is 0 Å². The van der Waals surface area contributed by atoms with Crippen molar-refractivity contribution in [1.82, 2.24) is 0 Å². The van der Waals surface area contributed by atoms with Gasteiger partial charge in [0.1, 0.15) is 0 Å². The summed E-state index contributed by atoms with van der Waals surface area (Å²) >= 11 is 5.95. The summed E-state index contributed by atoms with van der Waals surface area (Å²) in [6.45, 7) is 8.80. The topological polar surface area (TPSA) is 20.3 Å². The van der Waals surface area contributed by atoms with Crippen molar-refractivity contribution in [3.05, 3.63) is 29.3 Å². The predicted molar refractivity (Wildman–Crippen MR) is 98.8 cm³/mol. The van der Waals surface area contributed by atoms with E-state index in [4.69, 9.17) is 11.6 Å². The van der Waals surface area contributed by atoms with Gasteiger partial charge >= 0.3 is 0 Å². The van der Waals surface area contributed by atoms with E-state index in [9.17, 15) is 4.79 Å². The number of anilines is 1. The number of carbonyl (C=O) groups is 1. The Morgan fingerprint density at radius 1 is 1.14 bits per heavy atom. The van der Waals surface area contributed by atoms with Crippen LogP contribution < -0.4 is 4.90 Å². The molecule has 3 heteroatoms. The Balaban J connectivity index is 0.00000102. The Labute approximate surface area is 141 Å². The third-order valence-electron chi connectivity index (χ3n) is 3.77. The van der Waals surface area contributed by atoms with E-state index in [0.717, 1.165) is 31.0 Å². The molecule has 0 N–H and O–H groups in total. The van der Waals surface area contributed by atoms with Crippen LogP contribution in [0.25, 0.3) is 0 Å². The van der Waals surface area contributed by atoms with Crippen molar-refractivity contribution in [2.75, 3.05) is 11.4 Å². The Morgan fingerprint density at radius 3 is 2.32 bits per heavy atom. The quantitative estimate of drug-likeness (QED) is 0.579. The molecule has 0 radical (unpaired) electrons. The summed E-state index contributed by atoms with van der Waals surface area (Å²) in [7, 11) is 0. The van der Waals surface area contributed by atoms with Crippen molar-refractivity contribution >= 4 is 23.7 Å². The maximum absolute atomic E-state index is 11.2. The lowest BCUT2D eigenvalue weighted by molar-refractivity contribution is -0.107. The van der Waals surface area contributed by atoms with Gasteiger partial charge in [0.25, 0.3) is 0 Å². The number of benzene rings is 1. The zero-order valence-corrected chi connectivity index (χ0v) is 15.4. The van der Waals surface area contributed by atoms with Crippen LogP contribution in [0.1, 0.15) is 66.2 Å². The molecule has 2 rings (SSSR count). The fourth-order valence-corrected chi connectivity index (χ4v) is 2.88. The van der Waals surface area contributed by atoms with E-state index < -0.39 is 0 Å². The summed E-state index contributed by atoms with van der Waals surface area (Å²) in [6, 6.07) is 7.49. The zero-order chi connectivity index (χ0) is 16.8. The van der Waals surface area contributed by atoms with E-state index in [1.54, 1.807) is 4.90 Å².